The van der Waals surface area contributed by atoms with Crippen molar-refractivity contribution in [2.45, 2.75) is 33.2 Å². The van der Waals surface area contributed by atoms with Gasteiger partial charge in [0.05, 0.1) is 12.0 Å². The van der Waals surface area contributed by atoms with E-state index in [9.17, 15) is 9.18 Å². The molecule has 0 aliphatic heterocycles. The first kappa shape index (κ1) is 22.9. The predicted molar refractivity (Wildman–Crippen MR) is 107 cm³/mol. The number of hydrogen-bond donors (Lipinski definition) is 1. The van der Waals surface area contributed by atoms with Crippen LogP contribution in [-0.4, -0.2) is 19.6 Å². The summed E-state index contributed by atoms with van der Waals surface area (Å²) in [6.07, 6.45) is 0.713. The van der Waals surface area contributed by atoms with Gasteiger partial charge in [-0.3, -0.25) is 4.79 Å². The molecule has 0 saturated heterocycles. The van der Waals surface area contributed by atoms with Crippen molar-refractivity contribution in [3.63, 3.8) is 0 Å². The maximum atomic E-state index is 12.9. The van der Waals surface area contributed by atoms with Gasteiger partial charge in [0, 0.05) is 12.5 Å². The molecule has 148 valence electrons. The van der Waals surface area contributed by atoms with Crippen LogP contribution in [0.2, 0.25) is 0 Å². The van der Waals surface area contributed by atoms with Crippen LogP contribution >= 0.6 is 12.4 Å². The summed E-state index contributed by atoms with van der Waals surface area (Å²) in [7, 11) is 1.87. The molecule has 2 aromatic rings. The third-order valence-corrected chi connectivity index (χ3v) is 3.92. The van der Waals surface area contributed by atoms with Crippen LogP contribution in [0.25, 0.3) is 0 Å². The number of benzene rings is 2. The average Bonchev–Trinajstić information content (AvgIpc) is 2.60. The quantitative estimate of drug-likeness (QED) is 0.533. The fourth-order valence-electron chi connectivity index (χ4n) is 2.36. The van der Waals surface area contributed by atoms with Crippen LogP contribution in [0.4, 0.5) is 4.39 Å². The molecular weight excluding hydrogens is 369 g/mol. The lowest BCUT2D eigenvalue weighted by Crippen LogP contribution is -2.25. The van der Waals surface area contributed by atoms with E-state index in [1.807, 2.05) is 46.0 Å². The third-order valence-electron chi connectivity index (χ3n) is 3.92. The number of ether oxygens (including phenoxy) is 2. The van der Waals surface area contributed by atoms with Crippen LogP contribution < -0.4 is 14.8 Å². The molecule has 6 heteroatoms. The molecule has 1 atom stereocenters. The number of hydrogen-bond acceptors (Lipinski definition) is 4. The van der Waals surface area contributed by atoms with E-state index in [1.165, 1.54) is 12.1 Å². The highest BCUT2D eigenvalue weighted by Crippen LogP contribution is 2.24. The maximum Gasteiger partial charge on any atom is 0.316 e. The van der Waals surface area contributed by atoms with Gasteiger partial charge in [0.1, 0.15) is 17.3 Å². The molecule has 0 aromatic heterocycles. The minimum absolute atomic E-state index is 0. The Hall–Kier alpha value is -2.11. The van der Waals surface area contributed by atoms with Gasteiger partial charge in [0.2, 0.25) is 0 Å². The summed E-state index contributed by atoms with van der Waals surface area (Å²) in [5.74, 6) is 0.610. The number of esters is 1. The maximum absolute atomic E-state index is 12.9. The topological polar surface area (TPSA) is 47.6 Å². The molecule has 0 bridgehead atoms. The summed E-state index contributed by atoms with van der Waals surface area (Å²) in [6, 6.07) is 13.5. The minimum Gasteiger partial charge on any atom is -0.494 e. The van der Waals surface area contributed by atoms with E-state index in [4.69, 9.17) is 9.47 Å². The molecule has 4 nitrogen and oxygen atoms in total. The van der Waals surface area contributed by atoms with Gasteiger partial charge >= 0.3 is 5.97 Å². The first-order valence-electron chi connectivity index (χ1n) is 8.67. The number of carbonyl (C=O) groups excluding carboxylic acids is 1. The third kappa shape index (κ3) is 7.19. The van der Waals surface area contributed by atoms with Crippen molar-refractivity contribution in [3.8, 4) is 11.5 Å². The molecular formula is C21H27ClFNO3. The minimum atomic E-state index is -0.554. The van der Waals surface area contributed by atoms with Gasteiger partial charge in [0.15, 0.2) is 0 Å². The Morgan fingerprint density at radius 2 is 1.78 bits per heavy atom. The van der Waals surface area contributed by atoms with E-state index in [2.05, 4.69) is 5.32 Å². The monoisotopic (exact) mass is 395 g/mol. The SMILES string of the molecule is CNC(CCOc1ccc(F)cc1)c1cccc(OC(=O)C(C)(C)C)c1.Cl. The van der Waals surface area contributed by atoms with Crippen molar-refractivity contribution in [1.82, 2.24) is 5.32 Å². The van der Waals surface area contributed by atoms with Crippen molar-refractivity contribution in [2.75, 3.05) is 13.7 Å². The summed E-state index contributed by atoms with van der Waals surface area (Å²) in [5, 5.41) is 3.24. The van der Waals surface area contributed by atoms with Crippen LogP contribution in [-0.2, 0) is 4.79 Å². The van der Waals surface area contributed by atoms with Gasteiger partial charge in [0.25, 0.3) is 0 Å². The fourth-order valence-corrected chi connectivity index (χ4v) is 2.36. The summed E-state index contributed by atoms with van der Waals surface area (Å²) in [6.45, 7) is 5.94. The zero-order valence-corrected chi connectivity index (χ0v) is 16.9. The number of carbonyl (C=O) groups is 1. The number of nitrogens with one attached hydrogen (secondary N) is 1. The molecule has 1 unspecified atom stereocenters. The lowest BCUT2D eigenvalue weighted by Gasteiger charge is -2.19. The summed E-state index contributed by atoms with van der Waals surface area (Å²) < 4.78 is 24.0. The summed E-state index contributed by atoms with van der Waals surface area (Å²) >= 11 is 0. The van der Waals surface area contributed by atoms with Gasteiger partial charge in [-0.05, 0) is 69.8 Å². The first-order chi connectivity index (χ1) is 12.3. The first-order valence-corrected chi connectivity index (χ1v) is 8.67. The van der Waals surface area contributed by atoms with Crippen LogP contribution in [0.5, 0.6) is 11.5 Å². The summed E-state index contributed by atoms with van der Waals surface area (Å²) in [4.78, 5) is 12.1. The Morgan fingerprint density at radius 3 is 2.37 bits per heavy atom. The van der Waals surface area contributed by atoms with E-state index in [0.29, 0.717) is 24.5 Å². The Kier molecular flexibility index (Phi) is 8.73. The summed E-state index contributed by atoms with van der Waals surface area (Å²) in [5.41, 5.74) is 0.455. The van der Waals surface area contributed by atoms with Gasteiger partial charge in [-0.1, -0.05) is 12.1 Å². The second-order valence-electron chi connectivity index (χ2n) is 7.14. The molecule has 2 aromatic carbocycles. The van der Waals surface area contributed by atoms with E-state index in [0.717, 1.165) is 5.56 Å². The van der Waals surface area contributed by atoms with E-state index >= 15 is 0 Å². The molecule has 0 aliphatic rings. The molecule has 0 saturated carbocycles. The van der Waals surface area contributed by atoms with Crippen molar-refractivity contribution in [1.29, 1.82) is 0 Å². The lowest BCUT2D eigenvalue weighted by molar-refractivity contribution is -0.143. The van der Waals surface area contributed by atoms with Crippen molar-refractivity contribution in [2.24, 2.45) is 5.41 Å². The van der Waals surface area contributed by atoms with E-state index in [-0.39, 0.29) is 30.2 Å². The van der Waals surface area contributed by atoms with Crippen LogP contribution in [0.3, 0.4) is 0 Å². The molecule has 0 spiro atoms. The predicted octanol–water partition coefficient (Wildman–Crippen LogP) is 4.93. The highest BCUT2D eigenvalue weighted by Gasteiger charge is 2.24. The van der Waals surface area contributed by atoms with Gasteiger partial charge in [-0.2, -0.15) is 0 Å². The molecule has 27 heavy (non-hydrogen) atoms. The molecule has 0 radical (unpaired) electrons. The second-order valence-corrected chi connectivity index (χ2v) is 7.14. The Labute approximate surface area is 166 Å². The molecule has 0 amide bonds. The average molecular weight is 396 g/mol. The Morgan fingerprint density at radius 1 is 1.11 bits per heavy atom. The van der Waals surface area contributed by atoms with Crippen LogP contribution in [0.1, 0.15) is 38.8 Å². The molecule has 0 aliphatic carbocycles. The molecule has 2 rings (SSSR count). The smallest absolute Gasteiger partial charge is 0.316 e. The normalized spacial score (nSPS) is 12.0. The largest absolute Gasteiger partial charge is 0.494 e. The zero-order valence-electron chi connectivity index (χ0n) is 16.1. The standard InChI is InChI=1S/C21H26FNO3.ClH/c1-21(2,3)20(24)26-18-7-5-6-15(14-18)19(23-4)12-13-25-17-10-8-16(22)9-11-17;/h5-11,14,19,23H,12-13H2,1-4H3;1H. The number of halogens is 2. The van der Waals surface area contributed by atoms with E-state index in [1.54, 1.807) is 18.2 Å². The fraction of sp³-hybridized carbons (Fsp3) is 0.381. The van der Waals surface area contributed by atoms with Gasteiger partial charge in [-0.15, -0.1) is 12.4 Å². The lowest BCUT2D eigenvalue weighted by atomic mass is 9.97. The Bertz CT molecular complexity index is 729. The van der Waals surface area contributed by atoms with Crippen molar-refractivity contribution < 1.29 is 18.7 Å². The van der Waals surface area contributed by atoms with Gasteiger partial charge in [-0.25, -0.2) is 4.39 Å². The number of rotatable bonds is 7. The second kappa shape index (κ2) is 10.3. The van der Waals surface area contributed by atoms with Gasteiger partial charge < -0.3 is 14.8 Å². The molecule has 0 heterocycles. The van der Waals surface area contributed by atoms with E-state index < -0.39 is 5.41 Å². The van der Waals surface area contributed by atoms with Crippen LogP contribution in [0.15, 0.2) is 48.5 Å². The highest BCUT2D eigenvalue weighted by molar-refractivity contribution is 5.85. The van der Waals surface area contributed by atoms with Crippen molar-refractivity contribution in [3.05, 3.63) is 59.9 Å². The van der Waals surface area contributed by atoms with Crippen molar-refractivity contribution >= 4 is 18.4 Å². The molecule has 1 N–H and O–H groups in total. The zero-order chi connectivity index (χ0) is 19.2. The Balaban J connectivity index is 0.00000364. The molecule has 0 fully saturated rings. The van der Waals surface area contributed by atoms with Crippen LogP contribution in [0, 0.1) is 11.2 Å². The highest BCUT2D eigenvalue weighted by atomic mass is 35.5.